The molecule has 0 saturated carbocycles. The Bertz CT molecular complexity index is 804. The second kappa shape index (κ2) is 6.78. The van der Waals surface area contributed by atoms with Gasteiger partial charge in [-0.15, -0.1) is 0 Å². The number of halogens is 1. The summed E-state index contributed by atoms with van der Waals surface area (Å²) in [6.45, 7) is 3.65. The Labute approximate surface area is 141 Å². The Morgan fingerprint density at radius 3 is 2.74 bits per heavy atom. The van der Waals surface area contributed by atoms with Crippen molar-refractivity contribution in [3.8, 4) is 0 Å². The largest absolute Gasteiger partial charge is 0.345 e. The molecule has 120 valence electrons. The molecule has 23 heavy (non-hydrogen) atoms. The molecular formula is C14H16BrN7O. The van der Waals surface area contributed by atoms with Crippen molar-refractivity contribution in [3.05, 3.63) is 52.8 Å². The molecule has 0 radical (unpaired) electrons. The molecule has 3 rings (SSSR count). The first kappa shape index (κ1) is 15.5. The van der Waals surface area contributed by atoms with Gasteiger partial charge in [0, 0.05) is 25.1 Å². The minimum Gasteiger partial charge on any atom is -0.345 e. The second-order valence-electron chi connectivity index (χ2n) is 4.93. The lowest BCUT2D eigenvalue weighted by Crippen LogP contribution is -2.24. The number of rotatable bonds is 6. The highest BCUT2D eigenvalue weighted by Gasteiger charge is 2.10. The quantitative estimate of drug-likeness (QED) is 0.705. The Hall–Kier alpha value is -2.42. The molecule has 0 spiro atoms. The third-order valence-corrected chi connectivity index (χ3v) is 3.62. The van der Waals surface area contributed by atoms with Gasteiger partial charge in [-0.1, -0.05) is 0 Å². The number of nitrogens with zero attached hydrogens (tertiary/aromatic N) is 6. The number of aromatic nitrogens is 6. The molecule has 0 fully saturated rings. The normalized spacial score (nSPS) is 10.9. The van der Waals surface area contributed by atoms with E-state index in [4.69, 9.17) is 0 Å². The summed E-state index contributed by atoms with van der Waals surface area (Å²) in [6.07, 6.45) is 7.17. The van der Waals surface area contributed by atoms with E-state index in [-0.39, 0.29) is 5.91 Å². The van der Waals surface area contributed by atoms with Gasteiger partial charge in [0.25, 0.3) is 5.91 Å². The molecule has 0 bridgehead atoms. The van der Waals surface area contributed by atoms with Crippen molar-refractivity contribution in [1.82, 2.24) is 34.7 Å². The zero-order valence-electron chi connectivity index (χ0n) is 12.6. The monoisotopic (exact) mass is 377 g/mol. The smallest absolute Gasteiger partial charge is 0.272 e. The van der Waals surface area contributed by atoms with Crippen LogP contribution in [0.15, 0.2) is 41.4 Å². The Morgan fingerprint density at radius 1 is 1.22 bits per heavy atom. The third-order valence-electron chi connectivity index (χ3n) is 3.21. The molecule has 0 aliphatic carbocycles. The van der Waals surface area contributed by atoms with Crippen LogP contribution in [0, 0.1) is 0 Å². The fourth-order valence-corrected chi connectivity index (χ4v) is 2.39. The van der Waals surface area contributed by atoms with E-state index in [1.54, 1.807) is 27.8 Å². The molecular weight excluding hydrogens is 362 g/mol. The fraction of sp³-hybridized carbons (Fsp3) is 0.286. The Morgan fingerprint density at radius 2 is 2.04 bits per heavy atom. The highest BCUT2D eigenvalue weighted by molar-refractivity contribution is 9.10. The summed E-state index contributed by atoms with van der Waals surface area (Å²) in [4.78, 5) is 12.1. The minimum atomic E-state index is -0.226. The van der Waals surface area contributed by atoms with Gasteiger partial charge in [-0.05, 0) is 35.0 Å². The van der Waals surface area contributed by atoms with Gasteiger partial charge < -0.3 is 5.32 Å². The molecule has 0 saturated heterocycles. The van der Waals surface area contributed by atoms with Crippen molar-refractivity contribution in [2.24, 2.45) is 0 Å². The molecule has 3 aromatic heterocycles. The molecule has 0 unspecified atom stereocenters. The van der Waals surface area contributed by atoms with Crippen molar-refractivity contribution in [2.45, 2.75) is 26.7 Å². The number of hydrogen-bond donors (Lipinski definition) is 1. The first-order chi connectivity index (χ1) is 11.1. The van der Waals surface area contributed by atoms with E-state index >= 15 is 0 Å². The zero-order valence-corrected chi connectivity index (χ0v) is 14.1. The summed E-state index contributed by atoms with van der Waals surface area (Å²) in [5.74, 6) is -0.226. The first-order valence-electron chi connectivity index (χ1n) is 7.16. The minimum absolute atomic E-state index is 0.226. The SMILES string of the molecule is CCn1ccc(CNC(=O)c2ccn(Cn3cc(Br)cn3)n2)n1. The van der Waals surface area contributed by atoms with Crippen molar-refractivity contribution in [3.63, 3.8) is 0 Å². The van der Waals surface area contributed by atoms with Crippen molar-refractivity contribution in [1.29, 1.82) is 0 Å². The lowest BCUT2D eigenvalue weighted by Gasteiger charge is -2.02. The highest BCUT2D eigenvalue weighted by atomic mass is 79.9. The molecule has 0 atom stereocenters. The Kier molecular flexibility index (Phi) is 4.56. The maximum absolute atomic E-state index is 12.1. The first-order valence-corrected chi connectivity index (χ1v) is 7.95. The van der Waals surface area contributed by atoms with Gasteiger partial charge in [0.15, 0.2) is 0 Å². The van der Waals surface area contributed by atoms with Crippen LogP contribution in [-0.2, 0) is 19.8 Å². The number of aryl methyl sites for hydroxylation is 1. The summed E-state index contributed by atoms with van der Waals surface area (Å²) < 4.78 is 6.09. The summed E-state index contributed by atoms with van der Waals surface area (Å²) in [7, 11) is 0. The van der Waals surface area contributed by atoms with Crippen molar-refractivity contribution in [2.75, 3.05) is 0 Å². The standard InChI is InChI=1S/C14H16BrN7O/c1-2-20-5-3-12(18-20)8-16-14(23)13-4-6-21(19-13)10-22-9-11(15)7-17-22/h3-7,9H,2,8,10H2,1H3,(H,16,23). The van der Waals surface area contributed by atoms with E-state index in [9.17, 15) is 4.79 Å². The van der Waals surface area contributed by atoms with E-state index in [0.29, 0.717) is 18.9 Å². The molecule has 9 heteroatoms. The summed E-state index contributed by atoms with van der Waals surface area (Å²) in [5.41, 5.74) is 1.19. The van der Waals surface area contributed by atoms with Crippen LogP contribution in [-0.4, -0.2) is 35.2 Å². The van der Waals surface area contributed by atoms with Crippen LogP contribution >= 0.6 is 15.9 Å². The maximum Gasteiger partial charge on any atom is 0.272 e. The van der Waals surface area contributed by atoms with E-state index in [2.05, 4.69) is 36.5 Å². The number of amides is 1. The third kappa shape index (κ3) is 3.86. The van der Waals surface area contributed by atoms with Crippen molar-refractivity contribution < 1.29 is 4.79 Å². The van der Waals surface area contributed by atoms with Crippen LogP contribution in [0.5, 0.6) is 0 Å². The van der Waals surface area contributed by atoms with Crippen LogP contribution in [0.4, 0.5) is 0 Å². The van der Waals surface area contributed by atoms with Crippen LogP contribution in [0.25, 0.3) is 0 Å². The van der Waals surface area contributed by atoms with E-state index in [1.807, 2.05) is 30.1 Å². The number of nitrogens with one attached hydrogen (secondary N) is 1. The molecule has 0 aromatic carbocycles. The molecule has 3 aromatic rings. The molecule has 0 aliphatic rings. The number of carbonyl (C=O) groups is 1. The van der Waals surface area contributed by atoms with Gasteiger partial charge in [0.2, 0.25) is 0 Å². The average Bonchev–Trinajstić information content (AvgIpc) is 3.26. The predicted octanol–water partition coefficient (Wildman–Crippen LogP) is 1.49. The summed E-state index contributed by atoms with van der Waals surface area (Å²) in [5, 5.41) is 15.5. The topological polar surface area (TPSA) is 82.6 Å². The van der Waals surface area contributed by atoms with Crippen molar-refractivity contribution >= 4 is 21.8 Å². The lowest BCUT2D eigenvalue weighted by molar-refractivity contribution is 0.0944. The molecule has 8 nitrogen and oxygen atoms in total. The summed E-state index contributed by atoms with van der Waals surface area (Å²) in [6, 6.07) is 3.57. The van der Waals surface area contributed by atoms with E-state index in [0.717, 1.165) is 16.7 Å². The molecule has 3 heterocycles. The average molecular weight is 378 g/mol. The molecule has 1 amide bonds. The van der Waals surface area contributed by atoms with Gasteiger partial charge in [-0.25, -0.2) is 4.68 Å². The fourth-order valence-electron chi connectivity index (χ4n) is 2.06. The van der Waals surface area contributed by atoms with Gasteiger partial charge in [-0.3, -0.25) is 14.2 Å². The van der Waals surface area contributed by atoms with Crippen LogP contribution in [0.1, 0.15) is 23.1 Å². The number of carbonyl (C=O) groups excluding carboxylic acids is 1. The highest BCUT2D eigenvalue weighted by Crippen LogP contribution is 2.06. The molecule has 1 N–H and O–H groups in total. The lowest BCUT2D eigenvalue weighted by atomic mass is 10.4. The van der Waals surface area contributed by atoms with Crippen LogP contribution in [0.3, 0.4) is 0 Å². The van der Waals surface area contributed by atoms with Gasteiger partial charge in [0.1, 0.15) is 12.4 Å². The van der Waals surface area contributed by atoms with Crippen LogP contribution in [0.2, 0.25) is 0 Å². The van der Waals surface area contributed by atoms with Crippen LogP contribution < -0.4 is 5.32 Å². The Balaban J connectivity index is 1.57. The maximum atomic E-state index is 12.1. The number of hydrogen-bond acceptors (Lipinski definition) is 4. The van der Waals surface area contributed by atoms with E-state index in [1.165, 1.54) is 0 Å². The zero-order chi connectivity index (χ0) is 16.2. The summed E-state index contributed by atoms with van der Waals surface area (Å²) >= 11 is 3.34. The predicted molar refractivity (Wildman–Crippen MR) is 86.6 cm³/mol. The second-order valence-corrected chi connectivity index (χ2v) is 5.84. The van der Waals surface area contributed by atoms with E-state index < -0.39 is 0 Å². The van der Waals surface area contributed by atoms with Gasteiger partial charge in [-0.2, -0.15) is 15.3 Å². The van der Waals surface area contributed by atoms with Gasteiger partial charge in [0.05, 0.1) is 22.9 Å². The molecule has 0 aliphatic heterocycles. The van der Waals surface area contributed by atoms with Gasteiger partial charge >= 0.3 is 0 Å².